The van der Waals surface area contributed by atoms with E-state index in [4.69, 9.17) is 20.6 Å². The van der Waals surface area contributed by atoms with Gasteiger partial charge in [0.1, 0.15) is 17.3 Å². The van der Waals surface area contributed by atoms with Crippen LogP contribution in [0.5, 0.6) is 5.75 Å². The number of hydrogen-bond acceptors (Lipinski definition) is 4. The number of nitrogens with one attached hydrogen (secondary N) is 1. The number of nitrogens with zero attached hydrogens (tertiary/aromatic N) is 1. The fourth-order valence-electron chi connectivity index (χ4n) is 4.52. The quantitative estimate of drug-likeness (QED) is 0.351. The van der Waals surface area contributed by atoms with Gasteiger partial charge in [-0.05, 0) is 64.9 Å². The monoisotopic (exact) mass is 589 g/mol. The Bertz CT molecular complexity index is 1540. The Kier molecular flexibility index (Phi) is 8.17. The van der Waals surface area contributed by atoms with E-state index in [-0.39, 0.29) is 40.2 Å². The first-order chi connectivity index (χ1) is 19.5. The van der Waals surface area contributed by atoms with Crippen LogP contribution in [0.3, 0.4) is 0 Å². The molecule has 1 aliphatic heterocycles. The lowest BCUT2D eigenvalue weighted by Gasteiger charge is -2.20. The minimum Gasteiger partial charge on any atom is -0.501 e. The third-order valence-electron chi connectivity index (χ3n) is 6.71. The number of allylic oxidation sites excluding steroid dienone is 3. The highest BCUT2D eigenvalue weighted by molar-refractivity contribution is 6.23. The van der Waals surface area contributed by atoms with Crippen LogP contribution in [0.4, 0.5) is 26.3 Å². The number of ether oxygens (including phenoxy) is 2. The number of amidine groups is 2. The van der Waals surface area contributed by atoms with Crippen molar-refractivity contribution in [2.45, 2.75) is 51.4 Å². The lowest BCUT2D eigenvalue weighted by molar-refractivity contribution is -0.143. The third-order valence-corrected chi connectivity index (χ3v) is 6.71. The molecule has 2 aliphatic rings. The summed E-state index contributed by atoms with van der Waals surface area (Å²) in [5.74, 6) is 0.634. The maximum atomic E-state index is 13.9. The maximum absolute atomic E-state index is 13.9. The van der Waals surface area contributed by atoms with Crippen LogP contribution in [0, 0.1) is 5.41 Å². The highest BCUT2D eigenvalue weighted by Crippen LogP contribution is 2.41. The molecule has 3 N–H and O–H groups in total. The van der Waals surface area contributed by atoms with Gasteiger partial charge in [0.15, 0.2) is 5.84 Å². The SMILES string of the molecule is COC1=CC(Oc2cc(C(C)(C)C)cccc3c(c(-c4cc(C(F)(F)F)cc(C(F)(F)F)c4)c2)C(N)=NC3=N)=CCC1. The maximum Gasteiger partial charge on any atom is 0.416 e. The van der Waals surface area contributed by atoms with Crippen molar-refractivity contribution >= 4 is 11.7 Å². The standard InChI is InChI=1S/C31H29F6N3O2/c1-29(2,3)18-7-5-10-24-26(28(39)40-27(24)38)25(16-23(14-18)42-22-9-6-8-21(15-22)41-4)17-11-19(30(32,33)34)13-20(12-17)31(35,36)37/h5,7,9-16H,6,8H2,1-4H3,(H3,38,39,40). The third kappa shape index (κ3) is 6.78. The van der Waals surface area contributed by atoms with E-state index in [0.717, 1.165) is 5.56 Å². The van der Waals surface area contributed by atoms with E-state index in [0.29, 0.717) is 36.5 Å². The molecule has 2 aromatic rings. The highest BCUT2D eigenvalue weighted by Gasteiger charge is 2.37. The molecule has 0 spiro atoms. The van der Waals surface area contributed by atoms with Crippen molar-refractivity contribution in [1.29, 1.82) is 5.41 Å². The second-order valence-corrected chi connectivity index (χ2v) is 10.8. The highest BCUT2D eigenvalue weighted by atomic mass is 19.4. The van der Waals surface area contributed by atoms with Gasteiger partial charge in [-0.3, -0.25) is 5.41 Å². The molecule has 222 valence electrons. The van der Waals surface area contributed by atoms with Crippen LogP contribution in [-0.4, -0.2) is 18.8 Å². The first-order valence-electron chi connectivity index (χ1n) is 12.9. The molecule has 1 aliphatic carbocycles. The molecule has 42 heavy (non-hydrogen) atoms. The molecule has 11 heteroatoms. The molecule has 0 aromatic heterocycles. The smallest absolute Gasteiger partial charge is 0.416 e. The number of halogens is 6. The van der Waals surface area contributed by atoms with Crippen molar-refractivity contribution in [1.82, 2.24) is 0 Å². The molecule has 0 amide bonds. The van der Waals surface area contributed by atoms with Crippen molar-refractivity contribution in [3.05, 3.63) is 100 Å². The molecule has 0 unspecified atom stereocenters. The zero-order valence-corrected chi connectivity index (χ0v) is 23.3. The lowest BCUT2D eigenvalue weighted by Crippen LogP contribution is -2.14. The van der Waals surface area contributed by atoms with Gasteiger partial charge in [0.2, 0.25) is 0 Å². The van der Waals surface area contributed by atoms with Gasteiger partial charge >= 0.3 is 12.4 Å². The van der Waals surface area contributed by atoms with Crippen LogP contribution >= 0.6 is 0 Å². The van der Waals surface area contributed by atoms with Gasteiger partial charge in [-0.1, -0.05) is 39.0 Å². The van der Waals surface area contributed by atoms with E-state index in [1.54, 1.807) is 30.4 Å². The molecule has 0 radical (unpaired) electrons. The lowest BCUT2D eigenvalue weighted by atomic mass is 9.87. The summed E-state index contributed by atoms with van der Waals surface area (Å²) in [4.78, 5) is 3.97. The minimum absolute atomic E-state index is 0.0107. The minimum atomic E-state index is -5.07. The molecule has 0 saturated carbocycles. The van der Waals surface area contributed by atoms with Crippen molar-refractivity contribution in [3.8, 4) is 16.9 Å². The van der Waals surface area contributed by atoms with Gasteiger partial charge < -0.3 is 15.2 Å². The summed E-state index contributed by atoms with van der Waals surface area (Å²) in [6.07, 6.45) is -5.45. The fourth-order valence-corrected chi connectivity index (χ4v) is 4.52. The van der Waals surface area contributed by atoms with Gasteiger partial charge in [-0.15, -0.1) is 0 Å². The Morgan fingerprint density at radius 3 is 2.07 bits per heavy atom. The molecular weight excluding hydrogens is 560 g/mol. The molecular formula is C31H29F6N3O2. The number of alkyl halides is 6. The summed E-state index contributed by atoms with van der Waals surface area (Å²) < 4.78 is 94.6. The summed E-state index contributed by atoms with van der Waals surface area (Å²) in [6, 6.07) is 9.23. The van der Waals surface area contributed by atoms with E-state index < -0.39 is 34.5 Å². The van der Waals surface area contributed by atoms with E-state index in [1.807, 2.05) is 20.8 Å². The largest absolute Gasteiger partial charge is 0.501 e. The van der Waals surface area contributed by atoms with Gasteiger partial charge in [0.05, 0.1) is 24.0 Å². The summed E-state index contributed by atoms with van der Waals surface area (Å²) >= 11 is 0. The summed E-state index contributed by atoms with van der Waals surface area (Å²) in [6.45, 7) is 5.81. The van der Waals surface area contributed by atoms with Gasteiger partial charge in [-0.2, -0.15) is 26.3 Å². The molecule has 0 saturated heterocycles. The predicted octanol–water partition coefficient (Wildman–Crippen LogP) is 8.44. The molecule has 0 bridgehead atoms. The normalized spacial score (nSPS) is 15.3. The van der Waals surface area contributed by atoms with Crippen molar-refractivity contribution < 1.29 is 35.8 Å². The predicted molar refractivity (Wildman–Crippen MR) is 149 cm³/mol. The number of fused-ring (bicyclic) bond motifs is 1. The van der Waals surface area contributed by atoms with E-state index in [9.17, 15) is 26.3 Å². The first kappa shape index (κ1) is 30.7. The molecule has 1 heterocycles. The summed E-state index contributed by atoms with van der Waals surface area (Å²) in [7, 11) is 1.51. The Labute approximate surface area is 239 Å². The molecule has 0 atom stereocenters. The summed E-state index contributed by atoms with van der Waals surface area (Å²) in [5, 5.41) is 8.35. The number of methoxy groups -OCH3 is 1. The Morgan fingerprint density at radius 1 is 0.857 bits per heavy atom. The zero-order valence-electron chi connectivity index (χ0n) is 23.3. The number of nitrogens with two attached hydrogens (primary N) is 1. The second kappa shape index (κ2) is 11.2. The molecule has 4 rings (SSSR count). The van der Waals surface area contributed by atoms with Gasteiger partial charge in [0, 0.05) is 23.6 Å². The second-order valence-electron chi connectivity index (χ2n) is 10.8. The Balaban J connectivity index is 2.15. The van der Waals surface area contributed by atoms with Gasteiger partial charge in [-0.25, -0.2) is 4.99 Å². The van der Waals surface area contributed by atoms with Crippen molar-refractivity contribution in [3.63, 3.8) is 0 Å². The van der Waals surface area contributed by atoms with Crippen LogP contribution in [0.25, 0.3) is 11.1 Å². The van der Waals surface area contributed by atoms with E-state index >= 15 is 0 Å². The molecule has 2 aromatic carbocycles. The van der Waals surface area contributed by atoms with Gasteiger partial charge in [0.25, 0.3) is 0 Å². The number of aliphatic imine (C=N–C) groups is 1. The average Bonchev–Trinajstić information content (AvgIpc) is 3.17. The summed E-state index contributed by atoms with van der Waals surface area (Å²) in [5.41, 5.74) is 3.05. The van der Waals surface area contributed by atoms with E-state index in [1.165, 1.54) is 19.2 Å². The molecule has 0 fully saturated rings. The number of hydrogen-bond donors (Lipinski definition) is 2. The van der Waals surface area contributed by atoms with Crippen LogP contribution in [-0.2, 0) is 22.5 Å². The van der Waals surface area contributed by atoms with E-state index in [2.05, 4.69) is 4.99 Å². The fraction of sp³-hybridized carbons (Fsp3) is 0.290. The van der Waals surface area contributed by atoms with Crippen molar-refractivity contribution in [2.75, 3.05) is 7.11 Å². The average molecular weight is 590 g/mol. The number of rotatable bonds is 4. The number of benzene rings is 1. The first-order valence-corrected chi connectivity index (χ1v) is 12.9. The Hall–Kier alpha value is -4.28. The van der Waals surface area contributed by atoms with Crippen LogP contribution in [0.15, 0.2) is 77.2 Å². The van der Waals surface area contributed by atoms with Crippen LogP contribution in [0.2, 0.25) is 0 Å². The molecule has 5 nitrogen and oxygen atoms in total. The zero-order chi connectivity index (χ0) is 31.0. The van der Waals surface area contributed by atoms with Crippen LogP contribution in [0.1, 0.15) is 61.4 Å². The topological polar surface area (TPSA) is 80.7 Å². The van der Waals surface area contributed by atoms with Crippen LogP contribution < -0.4 is 10.5 Å². The van der Waals surface area contributed by atoms with Crippen molar-refractivity contribution in [2.24, 2.45) is 10.7 Å². The Morgan fingerprint density at radius 2 is 1.50 bits per heavy atom.